The number of nitrogens with one attached hydrogen (secondary N) is 2. The summed E-state index contributed by atoms with van der Waals surface area (Å²) in [6, 6.07) is 4.86. The minimum atomic E-state index is -0.522. The Hall–Kier alpha value is -1.66. The van der Waals surface area contributed by atoms with E-state index in [9.17, 15) is 14.0 Å². The summed E-state index contributed by atoms with van der Waals surface area (Å²) in [7, 11) is 0. The molecular formula is C12H7BrClFN2O2. The second-order valence-corrected chi connectivity index (χ2v) is 4.90. The van der Waals surface area contributed by atoms with Gasteiger partial charge in [-0.25, -0.2) is 4.39 Å². The highest BCUT2D eigenvalue weighted by Crippen LogP contribution is 2.31. The fourth-order valence-electron chi connectivity index (χ4n) is 1.43. The number of anilines is 1. The lowest BCUT2D eigenvalue weighted by Crippen LogP contribution is -2.16. The molecule has 0 atom stereocenters. The first-order valence-electron chi connectivity index (χ1n) is 5.12. The predicted molar refractivity (Wildman–Crippen MR) is 74.1 cm³/mol. The number of aromatic nitrogens is 1. The molecular weight excluding hydrogens is 338 g/mol. The Balaban J connectivity index is 2.32. The van der Waals surface area contributed by atoms with Gasteiger partial charge in [-0.15, -0.1) is 0 Å². The van der Waals surface area contributed by atoms with Gasteiger partial charge in [-0.1, -0.05) is 11.6 Å². The van der Waals surface area contributed by atoms with Crippen molar-refractivity contribution >= 4 is 39.1 Å². The minimum absolute atomic E-state index is 0.0602. The molecule has 1 heterocycles. The standard InChI is InChI=1S/C12H7BrClFN2O2/c13-8-4-7(15)5-9(14)11(8)17-12(19)6-1-2-16-10(18)3-6/h1-5H,(H,16,18)(H,17,19). The van der Waals surface area contributed by atoms with E-state index in [1.54, 1.807) is 0 Å². The Kier molecular flexibility index (Phi) is 4.01. The molecule has 0 spiro atoms. The molecule has 2 N–H and O–H groups in total. The van der Waals surface area contributed by atoms with Gasteiger partial charge in [0.2, 0.25) is 5.56 Å². The van der Waals surface area contributed by atoms with Crippen molar-refractivity contribution in [3.05, 3.63) is 61.7 Å². The highest BCUT2D eigenvalue weighted by molar-refractivity contribution is 9.10. The second kappa shape index (κ2) is 5.54. The lowest BCUT2D eigenvalue weighted by atomic mass is 10.2. The maximum absolute atomic E-state index is 13.0. The van der Waals surface area contributed by atoms with Crippen LogP contribution in [0.5, 0.6) is 0 Å². The van der Waals surface area contributed by atoms with Gasteiger partial charge in [0.15, 0.2) is 0 Å². The molecule has 0 saturated carbocycles. The molecule has 1 amide bonds. The molecule has 1 aromatic carbocycles. The van der Waals surface area contributed by atoms with Crippen LogP contribution in [0, 0.1) is 5.82 Å². The minimum Gasteiger partial charge on any atom is -0.329 e. The van der Waals surface area contributed by atoms with E-state index in [0.29, 0.717) is 4.47 Å². The number of H-pyrrole nitrogens is 1. The fraction of sp³-hybridized carbons (Fsp3) is 0. The number of halogens is 3. The van der Waals surface area contributed by atoms with E-state index >= 15 is 0 Å². The van der Waals surface area contributed by atoms with Gasteiger partial charge in [0, 0.05) is 22.3 Å². The molecule has 0 fully saturated rings. The zero-order valence-corrected chi connectivity index (χ0v) is 11.7. The summed E-state index contributed by atoms with van der Waals surface area (Å²) in [6.45, 7) is 0. The Morgan fingerprint density at radius 3 is 2.74 bits per heavy atom. The third-order valence-corrected chi connectivity index (χ3v) is 3.21. The number of carbonyl (C=O) groups excluding carboxylic acids is 1. The van der Waals surface area contributed by atoms with Crippen molar-refractivity contribution in [2.24, 2.45) is 0 Å². The smallest absolute Gasteiger partial charge is 0.255 e. The SMILES string of the molecule is O=C(Nc1c(Cl)cc(F)cc1Br)c1cc[nH]c(=O)c1. The van der Waals surface area contributed by atoms with Gasteiger partial charge in [0.1, 0.15) is 5.82 Å². The van der Waals surface area contributed by atoms with Crippen molar-refractivity contribution in [2.45, 2.75) is 0 Å². The first kappa shape index (κ1) is 13.8. The van der Waals surface area contributed by atoms with Crippen LogP contribution in [0.3, 0.4) is 0 Å². The third kappa shape index (κ3) is 3.21. The van der Waals surface area contributed by atoms with E-state index in [1.165, 1.54) is 18.3 Å². The second-order valence-electron chi connectivity index (χ2n) is 3.64. The molecule has 0 bridgehead atoms. The molecule has 0 unspecified atom stereocenters. The number of pyridine rings is 1. The highest BCUT2D eigenvalue weighted by Gasteiger charge is 2.13. The van der Waals surface area contributed by atoms with Crippen molar-refractivity contribution in [2.75, 3.05) is 5.32 Å². The monoisotopic (exact) mass is 344 g/mol. The zero-order valence-electron chi connectivity index (χ0n) is 9.34. The average molecular weight is 346 g/mol. The van der Waals surface area contributed by atoms with E-state index < -0.39 is 17.3 Å². The largest absolute Gasteiger partial charge is 0.329 e. The summed E-state index contributed by atoms with van der Waals surface area (Å²) in [5, 5.41) is 2.57. The lowest BCUT2D eigenvalue weighted by molar-refractivity contribution is 0.102. The van der Waals surface area contributed by atoms with Gasteiger partial charge in [-0.05, 0) is 34.1 Å². The van der Waals surface area contributed by atoms with Crippen LogP contribution in [-0.2, 0) is 0 Å². The third-order valence-electron chi connectivity index (χ3n) is 2.28. The van der Waals surface area contributed by atoms with Crippen molar-refractivity contribution in [3.63, 3.8) is 0 Å². The Morgan fingerprint density at radius 1 is 1.37 bits per heavy atom. The van der Waals surface area contributed by atoms with Gasteiger partial charge in [-0.3, -0.25) is 9.59 Å². The maximum atomic E-state index is 13.0. The molecule has 0 aliphatic rings. The molecule has 0 aliphatic carbocycles. The summed E-state index contributed by atoms with van der Waals surface area (Å²) in [6.07, 6.45) is 1.36. The number of hydrogen-bond donors (Lipinski definition) is 2. The van der Waals surface area contributed by atoms with Crippen LogP contribution in [0.1, 0.15) is 10.4 Å². The van der Waals surface area contributed by atoms with Crippen LogP contribution >= 0.6 is 27.5 Å². The number of amides is 1. The number of aromatic amines is 1. The van der Waals surface area contributed by atoms with Crippen LogP contribution in [-0.4, -0.2) is 10.9 Å². The van der Waals surface area contributed by atoms with E-state index in [2.05, 4.69) is 26.2 Å². The van der Waals surface area contributed by atoms with E-state index in [-0.39, 0.29) is 16.3 Å². The number of benzene rings is 1. The first-order valence-corrected chi connectivity index (χ1v) is 6.29. The fourth-order valence-corrected chi connectivity index (χ4v) is 2.33. The van der Waals surface area contributed by atoms with E-state index in [1.807, 2.05) is 0 Å². The van der Waals surface area contributed by atoms with Crippen LogP contribution in [0.25, 0.3) is 0 Å². The van der Waals surface area contributed by atoms with Gasteiger partial charge < -0.3 is 10.3 Å². The van der Waals surface area contributed by atoms with Crippen LogP contribution in [0.15, 0.2) is 39.7 Å². The van der Waals surface area contributed by atoms with Gasteiger partial charge in [-0.2, -0.15) is 0 Å². The number of rotatable bonds is 2. The Labute approximate surface area is 120 Å². The van der Waals surface area contributed by atoms with Crippen molar-refractivity contribution in [1.82, 2.24) is 4.98 Å². The summed E-state index contributed by atoms with van der Waals surface area (Å²) in [5.41, 5.74) is 0.0290. The normalized spacial score (nSPS) is 10.3. The van der Waals surface area contributed by atoms with Crippen molar-refractivity contribution in [1.29, 1.82) is 0 Å². The van der Waals surface area contributed by atoms with Gasteiger partial charge in [0.05, 0.1) is 10.7 Å². The summed E-state index contributed by atoms with van der Waals surface area (Å²) in [4.78, 5) is 25.4. The topological polar surface area (TPSA) is 62.0 Å². The number of carbonyl (C=O) groups is 1. The van der Waals surface area contributed by atoms with E-state index in [0.717, 1.165) is 12.1 Å². The van der Waals surface area contributed by atoms with Crippen LogP contribution in [0.4, 0.5) is 10.1 Å². The zero-order chi connectivity index (χ0) is 14.0. The summed E-state index contributed by atoms with van der Waals surface area (Å²) < 4.78 is 13.4. The quantitative estimate of drug-likeness (QED) is 0.878. The lowest BCUT2D eigenvalue weighted by Gasteiger charge is -2.09. The summed E-state index contributed by atoms with van der Waals surface area (Å²) >= 11 is 8.95. The van der Waals surface area contributed by atoms with Crippen molar-refractivity contribution in [3.8, 4) is 0 Å². The molecule has 2 aromatic rings. The maximum Gasteiger partial charge on any atom is 0.255 e. The molecule has 4 nitrogen and oxygen atoms in total. The molecule has 7 heteroatoms. The Bertz CT molecular complexity index is 679. The highest BCUT2D eigenvalue weighted by atomic mass is 79.9. The van der Waals surface area contributed by atoms with Crippen molar-refractivity contribution < 1.29 is 9.18 Å². The molecule has 0 aliphatic heterocycles. The van der Waals surface area contributed by atoms with Gasteiger partial charge in [0.25, 0.3) is 5.91 Å². The first-order chi connectivity index (χ1) is 8.97. The predicted octanol–water partition coefficient (Wildman–Crippen LogP) is 3.18. The molecule has 19 heavy (non-hydrogen) atoms. The Morgan fingerprint density at radius 2 is 2.11 bits per heavy atom. The molecule has 1 aromatic heterocycles. The van der Waals surface area contributed by atoms with Crippen LogP contribution in [0.2, 0.25) is 5.02 Å². The molecule has 0 radical (unpaired) electrons. The van der Waals surface area contributed by atoms with E-state index in [4.69, 9.17) is 11.6 Å². The number of hydrogen-bond acceptors (Lipinski definition) is 2. The van der Waals surface area contributed by atoms with Gasteiger partial charge >= 0.3 is 0 Å². The summed E-state index contributed by atoms with van der Waals surface area (Å²) in [5.74, 6) is -1.04. The molecule has 98 valence electrons. The molecule has 0 saturated heterocycles. The molecule has 2 rings (SSSR count). The van der Waals surface area contributed by atoms with Crippen LogP contribution < -0.4 is 10.9 Å². The average Bonchev–Trinajstić information content (AvgIpc) is 2.33.